The Morgan fingerprint density at radius 3 is 2.16 bits per heavy atom. The summed E-state index contributed by atoms with van der Waals surface area (Å²) in [6.07, 6.45) is -3.71. The van der Waals surface area contributed by atoms with E-state index in [1.54, 1.807) is 52.0 Å². The first-order chi connectivity index (χ1) is 20.7. The van der Waals surface area contributed by atoms with E-state index in [1.807, 2.05) is 0 Å². The van der Waals surface area contributed by atoms with Crippen LogP contribution in [-0.4, -0.2) is 82.0 Å². The normalized spacial score (nSPS) is 13.0. The van der Waals surface area contributed by atoms with Crippen LogP contribution >= 0.6 is 39.1 Å². The highest BCUT2D eigenvalue weighted by Crippen LogP contribution is 2.25. The van der Waals surface area contributed by atoms with E-state index in [9.17, 15) is 22.8 Å². The van der Waals surface area contributed by atoms with E-state index in [2.05, 4.69) is 26.0 Å². The monoisotopic (exact) mass is 738 g/mol. The van der Waals surface area contributed by atoms with Crippen molar-refractivity contribution in [3.63, 3.8) is 0 Å². The van der Waals surface area contributed by atoms with Gasteiger partial charge in [0, 0.05) is 35.2 Å². The highest BCUT2D eigenvalue weighted by molar-refractivity contribution is 9.10. The predicted octanol–water partition coefficient (Wildman–Crippen LogP) is 3.86. The summed E-state index contributed by atoms with van der Waals surface area (Å²) in [5.74, 6) is -1.42. The number of carbonyl (C=O) groups is 3. The average Bonchev–Trinajstić information content (AvgIpc) is 2.94. The van der Waals surface area contributed by atoms with E-state index in [4.69, 9.17) is 43.1 Å². The lowest BCUT2D eigenvalue weighted by Crippen LogP contribution is -2.56. The standard InChI is InChI=1S/C28H37BrCl2N4O8S/c1-5-41-25(42-6-2)16-35(17(3)4)27(37)22(13-18-7-9-19(29)10-8-18)34-26(36)23(43-28(32)38)15-33-44(39,40)24-12-11-20(30)14-21(24)31/h7-12,14,17,22-23,25,33H,5-6,13,15-16H2,1-4H3,(H2,32,38)(H,34,36). The lowest BCUT2D eigenvalue weighted by molar-refractivity contribution is -0.163. The van der Waals surface area contributed by atoms with Crippen molar-refractivity contribution in [2.45, 2.75) is 63.5 Å². The number of hydrogen-bond acceptors (Lipinski definition) is 8. The number of hydrogen-bond donors (Lipinski definition) is 3. The Kier molecular flexibility index (Phi) is 15.3. The third kappa shape index (κ3) is 11.8. The Morgan fingerprint density at radius 1 is 1.02 bits per heavy atom. The van der Waals surface area contributed by atoms with Gasteiger partial charge >= 0.3 is 6.09 Å². The lowest BCUT2D eigenvalue weighted by Gasteiger charge is -2.34. The summed E-state index contributed by atoms with van der Waals surface area (Å²) in [4.78, 5) is 40.3. The number of nitrogens with one attached hydrogen (secondary N) is 2. The highest BCUT2D eigenvalue weighted by atomic mass is 79.9. The highest BCUT2D eigenvalue weighted by Gasteiger charge is 2.33. The molecule has 2 atom stereocenters. The van der Waals surface area contributed by atoms with Gasteiger partial charge in [-0.05, 0) is 63.6 Å². The van der Waals surface area contributed by atoms with Gasteiger partial charge in [0.2, 0.25) is 15.9 Å². The summed E-state index contributed by atoms with van der Waals surface area (Å²) < 4.78 is 45.1. The molecule has 2 aromatic carbocycles. The van der Waals surface area contributed by atoms with Crippen LogP contribution in [0.25, 0.3) is 0 Å². The predicted molar refractivity (Wildman–Crippen MR) is 170 cm³/mol. The maximum absolute atomic E-state index is 14.0. The smallest absolute Gasteiger partial charge is 0.405 e. The number of rotatable bonds is 17. The first-order valence-electron chi connectivity index (χ1n) is 13.7. The summed E-state index contributed by atoms with van der Waals surface area (Å²) in [5.41, 5.74) is 5.90. The van der Waals surface area contributed by atoms with Gasteiger partial charge in [-0.1, -0.05) is 51.3 Å². The zero-order chi connectivity index (χ0) is 33.0. The van der Waals surface area contributed by atoms with Gasteiger partial charge in [-0.25, -0.2) is 17.9 Å². The van der Waals surface area contributed by atoms with Crippen LogP contribution in [0.1, 0.15) is 33.3 Å². The maximum atomic E-state index is 14.0. The zero-order valence-corrected chi connectivity index (χ0v) is 28.6. The molecule has 0 heterocycles. The van der Waals surface area contributed by atoms with Crippen LogP contribution in [0, 0.1) is 0 Å². The Bertz CT molecular complexity index is 1380. The Morgan fingerprint density at radius 2 is 1.64 bits per heavy atom. The van der Waals surface area contributed by atoms with E-state index in [1.165, 1.54) is 23.1 Å². The Labute approximate surface area is 276 Å². The third-order valence-electron chi connectivity index (χ3n) is 6.12. The Balaban J connectivity index is 2.37. The largest absolute Gasteiger partial charge is 0.435 e. The van der Waals surface area contributed by atoms with Crippen molar-refractivity contribution < 1.29 is 37.0 Å². The number of nitrogens with two attached hydrogens (primary N) is 1. The molecule has 16 heteroatoms. The maximum Gasteiger partial charge on any atom is 0.405 e. The quantitative estimate of drug-likeness (QED) is 0.206. The first kappa shape index (κ1) is 37.7. The van der Waals surface area contributed by atoms with Gasteiger partial charge in [-0.2, -0.15) is 0 Å². The molecule has 2 unspecified atom stereocenters. The second-order valence-electron chi connectivity index (χ2n) is 9.67. The fourth-order valence-corrected chi connectivity index (χ4v) is 6.11. The van der Waals surface area contributed by atoms with Crippen LogP contribution in [0.3, 0.4) is 0 Å². The van der Waals surface area contributed by atoms with Crippen molar-refractivity contribution in [2.75, 3.05) is 26.3 Å². The summed E-state index contributed by atoms with van der Waals surface area (Å²) in [5, 5.41) is 2.68. The molecule has 3 amide bonds. The van der Waals surface area contributed by atoms with Crippen molar-refractivity contribution in [1.82, 2.24) is 14.9 Å². The number of nitrogens with zero attached hydrogens (tertiary/aromatic N) is 1. The van der Waals surface area contributed by atoms with Gasteiger partial charge in [-0.3, -0.25) is 9.59 Å². The van der Waals surface area contributed by atoms with Gasteiger partial charge in [0.05, 0.1) is 18.1 Å². The molecule has 12 nitrogen and oxygen atoms in total. The third-order valence-corrected chi connectivity index (χ3v) is 8.79. The summed E-state index contributed by atoms with van der Waals surface area (Å²) >= 11 is 15.3. The van der Waals surface area contributed by atoms with Crippen LogP contribution in [0.2, 0.25) is 10.0 Å². The van der Waals surface area contributed by atoms with E-state index in [-0.39, 0.29) is 33.9 Å². The number of benzene rings is 2. The van der Waals surface area contributed by atoms with Gasteiger partial charge in [0.25, 0.3) is 5.91 Å². The van der Waals surface area contributed by atoms with Crippen LogP contribution in [0.4, 0.5) is 4.79 Å². The molecule has 0 saturated heterocycles. The Hall–Kier alpha value is -2.46. The average molecular weight is 741 g/mol. The van der Waals surface area contributed by atoms with Crippen LogP contribution in [0.5, 0.6) is 0 Å². The minimum Gasteiger partial charge on any atom is -0.435 e. The molecule has 0 aliphatic heterocycles. The van der Waals surface area contributed by atoms with E-state index < -0.39 is 52.9 Å². The zero-order valence-electron chi connectivity index (χ0n) is 24.7. The molecular weight excluding hydrogens is 703 g/mol. The summed E-state index contributed by atoms with van der Waals surface area (Å²) in [6.45, 7) is 7.30. The molecule has 0 aromatic heterocycles. The fraction of sp³-hybridized carbons (Fsp3) is 0.464. The van der Waals surface area contributed by atoms with Crippen molar-refractivity contribution in [3.05, 3.63) is 62.5 Å². The summed E-state index contributed by atoms with van der Waals surface area (Å²) in [7, 11) is -4.28. The molecular formula is C28H37BrCl2N4O8S. The molecule has 0 aliphatic rings. The van der Waals surface area contributed by atoms with Crippen molar-refractivity contribution in [3.8, 4) is 0 Å². The fourth-order valence-electron chi connectivity index (χ4n) is 4.05. The number of halogens is 3. The number of amides is 3. The van der Waals surface area contributed by atoms with Crippen molar-refractivity contribution in [2.24, 2.45) is 5.73 Å². The molecule has 0 saturated carbocycles. The number of ether oxygens (including phenoxy) is 3. The van der Waals surface area contributed by atoms with Crippen molar-refractivity contribution in [1.29, 1.82) is 0 Å². The topological polar surface area (TPSA) is 166 Å². The van der Waals surface area contributed by atoms with E-state index in [0.29, 0.717) is 18.8 Å². The second-order valence-corrected chi connectivity index (χ2v) is 13.2. The second kappa shape index (κ2) is 17.9. The molecule has 4 N–H and O–H groups in total. The number of carbonyl (C=O) groups excluding carboxylic acids is 3. The van der Waals surface area contributed by atoms with Crippen LogP contribution in [0.15, 0.2) is 51.8 Å². The molecule has 244 valence electrons. The molecule has 0 spiro atoms. The van der Waals surface area contributed by atoms with Crippen molar-refractivity contribution >= 4 is 67.1 Å². The molecule has 44 heavy (non-hydrogen) atoms. The van der Waals surface area contributed by atoms with Gasteiger partial charge in [0.1, 0.15) is 10.9 Å². The lowest BCUT2D eigenvalue weighted by atomic mass is 10.0. The molecule has 2 aromatic rings. The van der Waals surface area contributed by atoms with Gasteiger partial charge < -0.3 is 30.2 Å². The molecule has 0 aliphatic carbocycles. The van der Waals surface area contributed by atoms with E-state index >= 15 is 0 Å². The number of primary amides is 1. The van der Waals surface area contributed by atoms with Crippen LogP contribution < -0.4 is 15.8 Å². The molecule has 2 rings (SSSR count). The van der Waals surface area contributed by atoms with Gasteiger partial charge in [-0.15, -0.1) is 0 Å². The van der Waals surface area contributed by atoms with E-state index in [0.717, 1.165) is 4.47 Å². The molecule has 0 radical (unpaired) electrons. The summed E-state index contributed by atoms with van der Waals surface area (Å²) in [6, 6.07) is 9.41. The molecule has 0 bridgehead atoms. The molecule has 0 fully saturated rings. The van der Waals surface area contributed by atoms with Crippen LogP contribution in [-0.2, 0) is 40.2 Å². The van der Waals surface area contributed by atoms with Gasteiger partial charge in [0.15, 0.2) is 12.4 Å². The minimum atomic E-state index is -4.28. The SMILES string of the molecule is CCOC(CN(C(=O)C(Cc1ccc(Br)cc1)NC(=O)C(CNS(=O)(=O)c1ccc(Cl)cc1Cl)OC(N)=O)C(C)C)OCC. The minimum absolute atomic E-state index is 0.0599. The first-order valence-corrected chi connectivity index (χ1v) is 16.7. The number of sulfonamides is 1.